The number of hydrogen-bond acceptors (Lipinski definition) is 13. The Morgan fingerprint density at radius 2 is 2.11 bits per heavy atom. The van der Waals surface area contributed by atoms with Crippen LogP contribution in [0.1, 0.15) is 18.9 Å². The quantitative estimate of drug-likeness (QED) is 0.249. The first-order valence-corrected chi connectivity index (χ1v) is 14.0. The van der Waals surface area contributed by atoms with E-state index < -0.39 is 26.1 Å². The smallest absolute Gasteiger partial charge is 0.319 e. The van der Waals surface area contributed by atoms with Gasteiger partial charge in [0.15, 0.2) is 17.4 Å². The zero-order chi connectivity index (χ0) is 26.4. The molecule has 2 aliphatic heterocycles. The van der Waals surface area contributed by atoms with Gasteiger partial charge >= 0.3 is 8.25 Å². The average Bonchev–Trinajstić information content (AvgIpc) is 3.61. The molecular weight excluding hydrogens is 540 g/mol. The molecule has 0 aliphatic carbocycles. The van der Waals surface area contributed by atoms with Gasteiger partial charge in [0.1, 0.15) is 30.1 Å². The summed E-state index contributed by atoms with van der Waals surface area (Å²) >= 11 is 0. The average molecular weight is 565 g/mol. The Morgan fingerprint density at radius 1 is 1.24 bits per heavy atom. The van der Waals surface area contributed by atoms with Crippen LogP contribution in [0.25, 0.3) is 22.2 Å². The summed E-state index contributed by atoms with van der Waals surface area (Å²) in [5.41, 5.74) is 11.8. The molecule has 2 saturated heterocycles. The number of hydrogen-bond donors (Lipinski definition) is 4. The molecule has 3 unspecified atom stereocenters. The Hall–Kier alpha value is -2.97. The number of nitrogens with two attached hydrogens (primary N) is 2. The Bertz CT molecular complexity index is 1560. The molecule has 6 heterocycles. The van der Waals surface area contributed by atoms with E-state index >= 15 is 0 Å². The van der Waals surface area contributed by atoms with Crippen LogP contribution in [0.2, 0.25) is 0 Å². The topological polar surface area (TPSA) is 221 Å². The highest BCUT2D eigenvalue weighted by molar-refractivity contribution is 7.33. The molecule has 4 aromatic rings. The fourth-order valence-electron chi connectivity index (χ4n) is 4.68. The monoisotopic (exact) mass is 565 g/mol. The number of ether oxygens (including phenoxy) is 1. The summed E-state index contributed by atoms with van der Waals surface area (Å²) in [7, 11) is -3.01. The fourth-order valence-corrected chi connectivity index (χ4v) is 6.53. The second kappa shape index (κ2) is 10.3. The van der Waals surface area contributed by atoms with Crippen molar-refractivity contribution in [2.45, 2.75) is 31.1 Å². The Kier molecular flexibility index (Phi) is 6.86. The lowest BCUT2D eigenvalue weighted by Gasteiger charge is -2.23. The van der Waals surface area contributed by atoms with Crippen LogP contribution in [-0.4, -0.2) is 70.7 Å². The second-order valence-electron chi connectivity index (χ2n) is 8.91. The van der Waals surface area contributed by atoms with Crippen molar-refractivity contribution >= 4 is 51.0 Å². The van der Waals surface area contributed by atoms with E-state index in [0.29, 0.717) is 24.0 Å². The van der Waals surface area contributed by atoms with Crippen molar-refractivity contribution in [3.8, 4) is 0 Å². The molecule has 0 saturated carbocycles. The maximum atomic E-state index is 12.7. The SMILES string of the molecule is Nc1nc2c(ncn2[C@H](O)[C@H]2COPC[C@H]3C[C@H](n4ccc5c(N)ncnc54)OC3CO[PH](=O)O2)c(=O)[nH]1. The highest BCUT2D eigenvalue weighted by Gasteiger charge is 2.38. The van der Waals surface area contributed by atoms with Gasteiger partial charge in [-0.05, 0) is 24.6 Å². The van der Waals surface area contributed by atoms with E-state index in [4.69, 9.17) is 29.8 Å². The van der Waals surface area contributed by atoms with Gasteiger partial charge in [-0.25, -0.2) is 15.0 Å². The maximum absolute atomic E-state index is 12.7. The van der Waals surface area contributed by atoms with Crippen LogP contribution in [0.3, 0.4) is 0 Å². The maximum Gasteiger partial charge on any atom is 0.319 e. The molecular formula is C20H25N9O7P2. The highest BCUT2D eigenvalue weighted by Crippen LogP contribution is 2.41. The number of aliphatic hydroxyl groups excluding tert-OH is 1. The number of nitrogens with one attached hydrogen (secondary N) is 1. The van der Waals surface area contributed by atoms with Crippen molar-refractivity contribution in [2.75, 3.05) is 30.8 Å². The van der Waals surface area contributed by atoms with Crippen molar-refractivity contribution in [2.24, 2.45) is 5.92 Å². The molecule has 38 heavy (non-hydrogen) atoms. The lowest BCUT2D eigenvalue weighted by Crippen LogP contribution is -2.29. The summed E-state index contributed by atoms with van der Waals surface area (Å²) < 4.78 is 39.1. The summed E-state index contributed by atoms with van der Waals surface area (Å²) in [6, 6.07) is 1.84. The van der Waals surface area contributed by atoms with Gasteiger partial charge in [0, 0.05) is 15.0 Å². The number of H-pyrrole nitrogens is 1. The molecule has 0 amide bonds. The van der Waals surface area contributed by atoms with Crippen LogP contribution in [0.4, 0.5) is 11.8 Å². The molecule has 0 spiro atoms. The molecule has 16 nitrogen and oxygen atoms in total. The van der Waals surface area contributed by atoms with Gasteiger partial charge in [0.25, 0.3) is 5.56 Å². The normalized spacial score (nSPS) is 28.4. The molecule has 6 N–H and O–H groups in total. The van der Waals surface area contributed by atoms with E-state index in [0.717, 1.165) is 5.39 Å². The van der Waals surface area contributed by atoms with Gasteiger partial charge in [-0.3, -0.25) is 18.9 Å². The first-order chi connectivity index (χ1) is 18.4. The first-order valence-electron chi connectivity index (χ1n) is 11.7. The lowest BCUT2D eigenvalue weighted by atomic mass is 10.0. The second-order valence-corrected chi connectivity index (χ2v) is 10.9. The predicted molar refractivity (Wildman–Crippen MR) is 137 cm³/mol. The van der Waals surface area contributed by atoms with E-state index in [1.807, 2.05) is 16.8 Å². The van der Waals surface area contributed by atoms with Crippen molar-refractivity contribution < 1.29 is 28.0 Å². The van der Waals surface area contributed by atoms with Gasteiger partial charge in [0.2, 0.25) is 5.95 Å². The number of anilines is 2. The zero-order valence-electron chi connectivity index (χ0n) is 19.8. The van der Waals surface area contributed by atoms with Gasteiger partial charge in [0.05, 0.1) is 31.0 Å². The summed E-state index contributed by atoms with van der Waals surface area (Å²) in [5, 5.41) is 11.7. The van der Waals surface area contributed by atoms with E-state index in [9.17, 15) is 14.5 Å². The molecule has 6 rings (SSSR count). The number of rotatable bonds is 3. The van der Waals surface area contributed by atoms with Gasteiger partial charge < -0.3 is 39.4 Å². The minimum absolute atomic E-state index is 0.00855. The van der Waals surface area contributed by atoms with E-state index in [2.05, 4.69) is 24.9 Å². The molecule has 18 heteroatoms. The van der Waals surface area contributed by atoms with Crippen LogP contribution in [0, 0.1) is 5.92 Å². The van der Waals surface area contributed by atoms with Crippen molar-refractivity contribution in [1.29, 1.82) is 0 Å². The number of aromatic amines is 1. The van der Waals surface area contributed by atoms with Gasteiger partial charge in [-0.2, -0.15) is 4.98 Å². The third-order valence-corrected chi connectivity index (χ3v) is 8.55. The fraction of sp³-hybridized carbons (Fsp3) is 0.450. The van der Waals surface area contributed by atoms with Crippen molar-refractivity contribution in [3.05, 3.63) is 35.3 Å². The molecule has 4 aromatic heterocycles. The lowest BCUT2D eigenvalue weighted by molar-refractivity contribution is -0.0423. The molecule has 202 valence electrons. The van der Waals surface area contributed by atoms with Crippen LogP contribution in [0.15, 0.2) is 29.7 Å². The summed E-state index contributed by atoms with van der Waals surface area (Å²) in [6.07, 6.45) is 2.63. The third kappa shape index (κ3) is 4.69. The van der Waals surface area contributed by atoms with E-state index in [1.165, 1.54) is 17.2 Å². The molecule has 0 aromatic carbocycles. The molecule has 0 bridgehead atoms. The number of fused-ring (bicyclic) bond motifs is 3. The Balaban J connectivity index is 1.17. The summed E-state index contributed by atoms with van der Waals surface area (Å²) in [6.45, 7) is -0.0537. The summed E-state index contributed by atoms with van der Waals surface area (Å²) in [4.78, 5) is 30.8. The largest absolute Gasteiger partial charge is 0.383 e. The van der Waals surface area contributed by atoms with Crippen molar-refractivity contribution in [3.63, 3.8) is 0 Å². The Morgan fingerprint density at radius 3 is 2.97 bits per heavy atom. The third-order valence-electron chi connectivity index (χ3n) is 6.59. The van der Waals surface area contributed by atoms with Gasteiger partial charge in [-0.15, -0.1) is 0 Å². The number of imidazole rings is 1. The number of aliphatic hydroxyl groups is 1. The first kappa shape index (κ1) is 25.3. The van der Waals surface area contributed by atoms with E-state index in [1.54, 1.807) is 0 Å². The van der Waals surface area contributed by atoms with Crippen molar-refractivity contribution in [1.82, 2.24) is 34.1 Å². The molecule has 0 radical (unpaired) electrons. The number of aromatic nitrogens is 7. The van der Waals surface area contributed by atoms with Crippen LogP contribution >= 0.6 is 17.1 Å². The van der Waals surface area contributed by atoms with Gasteiger partial charge in [-0.1, -0.05) is 0 Å². The Labute approximate surface area is 216 Å². The minimum atomic E-state index is -3.06. The minimum Gasteiger partial charge on any atom is -0.383 e. The van der Waals surface area contributed by atoms with Crippen LogP contribution < -0.4 is 17.0 Å². The van der Waals surface area contributed by atoms with Crippen LogP contribution in [0.5, 0.6) is 0 Å². The summed E-state index contributed by atoms with van der Waals surface area (Å²) in [5.74, 6) is 0.313. The van der Waals surface area contributed by atoms with Crippen LogP contribution in [-0.2, 0) is 22.9 Å². The predicted octanol–water partition coefficient (Wildman–Crippen LogP) is 0.539. The highest BCUT2D eigenvalue weighted by atomic mass is 31.1. The number of nitrogen functional groups attached to an aromatic ring is 2. The van der Waals surface area contributed by atoms with E-state index in [-0.39, 0.29) is 57.4 Å². The standard InChI is InChI=1S/C20H25N9O7P2/c21-15-10-1-2-28(16(10)24-7-23-15)13-3-9-6-37-33-4-12(36-38(32)34-5-11(9)35-13)19(31)29-8-25-14-17(29)26-20(22)27-18(14)30/h1-2,7-9,11-13,19,31,37-38H,3-6H2,(H2,21,23,24)(H3,22,26,27,30)/t9-,11?,12-,13-,19-/m1/s1. The number of nitrogens with zero attached hydrogens (tertiary/aromatic N) is 6. The molecule has 2 aliphatic rings. The zero-order valence-corrected chi connectivity index (χ0v) is 21.8. The molecule has 2 fully saturated rings. The molecule has 7 atom stereocenters.